The molecule has 4 aliphatic carbocycles. The van der Waals surface area contributed by atoms with Crippen LogP contribution in [0.25, 0.3) is 0 Å². The summed E-state index contributed by atoms with van der Waals surface area (Å²) in [5.41, 5.74) is 0.242. The lowest BCUT2D eigenvalue weighted by Crippen LogP contribution is -2.60. The van der Waals surface area contributed by atoms with Gasteiger partial charge in [-0.05, 0) is 92.3 Å². The molecule has 5 N–H and O–H groups in total. The quantitative estimate of drug-likeness (QED) is 0.360. The molecule has 200 valence electrons. The molecule has 1 saturated heterocycles. The lowest BCUT2D eigenvalue weighted by atomic mass is 9.44. The SMILES string of the molecule is C[C@]12CC[C@H](O[C@@H]3O[C@H](CO)[C@@H](O)[C@H](O)[C@H]3O)C[C@@H]1CC[C@@H]1[C@@H]2CC[C@]2(C)[C@@H](C(=O)CO)CC[C@@H]12. The molecule has 5 rings (SSSR count). The fourth-order valence-electron chi connectivity index (χ4n) is 9.35. The Balaban J connectivity index is 1.25. The molecule has 0 radical (unpaired) electrons. The Morgan fingerprint density at radius 2 is 1.60 bits per heavy atom. The molecule has 0 aromatic heterocycles. The Labute approximate surface area is 208 Å². The van der Waals surface area contributed by atoms with Crippen LogP contribution in [0.3, 0.4) is 0 Å². The maximum atomic E-state index is 12.5. The van der Waals surface area contributed by atoms with E-state index in [-0.39, 0.29) is 35.2 Å². The first-order valence-corrected chi connectivity index (χ1v) is 13.7. The number of aliphatic hydroxyl groups excluding tert-OH is 5. The summed E-state index contributed by atoms with van der Waals surface area (Å²) < 4.78 is 11.7. The summed E-state index contributed by atoms with van der Waals surface area (Å²) in [6.45, 7) is 3.96. The molecule has 4 saturated carbocycles. The number of aliphatic hydroxyl groups is 5. The van der Waals surface area contributed by atoms with Crippen LogP contribution >= 0.6 is 0 Å². The van der Waals surface area contributed by atoms with E-state index in [4.69, 9.17) is 9.47 Å². The third-order valence-corrected chi connectivity index (χ3v) is 11.3. The Hall–Kier alpha value is -0.610. The van der Waals surface area contributed by atoms with Crippen LogP contribution in [0.4, 0.5) is 0 Å². The Morgan fingerprint density at radius 1 is 0.886 bits per heavy atom. The average Bonchev–Trinajstić information content (AvgIpc) is 3.21. The van der Waals surface area contributed by atoms with Crippen molar-refractivity contribution < 1.29 is 39.8 Å². The third-order valence-electron chi connectivity index (χ3n) is 11.3. The highest BCUT2D eigenvalue weighted by molar-refractivity contribution is 5.83. The van der Waals surface area contributed by atoms with Crippen LogP contribution in [-0.2, 0) is 14.3 Å². The number of ether oxygens (including phenoxy) is 2. The number of hydrogen-bond donors (Lipinski definition) is 5. The number of rotatable bonds is 5. The minimum Gasteiger partial charge on any atom is -0.394 e. The molecule has 1 aliphatic heterocycles. The molecule has 0 amide bonds. The molecule has 13 atom stereocenters. The second-order valence-corrected chi connectivity index (χ2v) is 12.7. The van der Waals surface area contributed by atoms with Crippen LogP contribution in [0, 0.1) is 40.4 Å². The third kappa shape index (κ3) is 4.12. The molecule has 0 aromatic carbocycles. The number of carbonyl (C=O) groups is 1. The molecule has 0 aromatic rings. The van der Waals surface area contributed by atoms with E-state index >= 15 is 0 Å². The summed E-state index contributed by atoms with van der Waals surface area (Å²) >= 11 is 0. The number of ketones is 1. The highest BCUT2D eigenvalue weighted by atomic mass is 16.7. The molecule has 0 bridgehead atoms. The predicted octanol–water partition coefficient (Wildman–Crippen LogP) is 1.39. The van der Waals surface area contributed by atoms with Gasteiger partial charge < -0.3 is 35.0 Å². The number of fused-ring (bicyclic) bond motifs is 5. The Bertz CT molecular complexity index is 789. The molecule has 8 heteroatoms. The van der Waals surface area contributed by atoms with E-state index < -0.39 is 37.3 Å². The maximum absolute atomic E-state index is 12.5. The second-order valence-electron chi connectivity index (χ2n) is 12.7. The fourth-order valence-corrected chi connectivity index (χ4v) is 9.35. The van der Waals surface area contributed by atoms with E-state index in [1.807, 2.05) is 0 Å². The zero-order chi connectivity index (χ0) is 25.1. The van der Waals surface area contributed by atoms with E-state index in [0.717, 1.165) is 57.8 Å². The van der Waals surface area contributed by atoms with Gasteiger partial charge in [0.1, 0.15) is 31.0 Å². The second kappa shape index (κ2) is 9.61. The summed E-state index contributed by atoms with van der Waals surface area (Å²) in [5.74, 6) is 2.37. The molecule has 8 nitrogen and oxygen atoms in total. The van der Waals surface area contributed by atoms with E-state index in [2.05, 4.69) is 13.8 Å². The van der Waals surface area contributed by atoms with Crippen molar-refractivity contribution >= 4 is 5.78 Å². The van der Waals surface area contributed by atoms with Crippen molar-refractivity contribution in [2.45, 2.75) is 108 Å². The minimum absolute atomic E-state index is 0.00616. The zero-order valence-electron chi connectivity index (χ0n) is 21.1. The van der Waals surface area contributed by atoms with Gasteiger partial charge in [-0.2, -0.15) is 0 Å². The van der Waals surface area contributed by atoms with Gasteiger partial charge in [0.15, 0.2) is 12.1 Å². The van der Waals surface area contributed by atoms with Gasteiger partial charge in [0.2, 0.25) is 0 Å². The van der Waals surface area contributed by atoms with Crippen molar-refractivity contribution in [1.82, 2.24) is 0 Å². The van der Waals surface area contributed by atoms with Crippen LogP contribution in [0.15, 0.2) is 0 Å². The highest BCUT2D eigenvalue weighted by Crippen LogP contribution is 2.67. The van der Waals surface area contributed by atoms with Gasteiger partial charge in [0.25, 0.3) is 0 Å². The van der Waals surface area contributed by atoms with E-state index in [9.17, 15) is 30.3 Å². The zero-order valence-corrected chi connectivity index (χ0v) is 21.1. The smallest absolute Gasteiger partial charge is 0.186 e. The molecule has 0 unspecified atom stereocenters. The Morgan fingerprint density at radius 3 is 2.31 bits per heavy atom. The van der Waals surface area contributed by atoms with Gasteiger partial charge >= 0.3 is 0 Å². The van der Waals surface area contributed by atoms with Crippen LogP contribution in [0.1, 0.15) is 71.6 Å². The standard InChI is InChI=1S/C27H44O8/c1-26-9-7-15(34-25-24(33)23(32)22(31)21(13-29)35-25)11-14(26)3-4-16-17-5-6-19(20(30)12-28)27(17,2)10-8-18(16)26/h14-19,21-25,28-29,31-33H,3-13H2,1-2H3/t14-,15-,16-,17-,18-,19+,21+,22+,23-,24+,25+,26-,27-/m0/s1. The van der Waals surface area contributed by atoms with Crippen LogP contribution < -0.4 is 0 Å². The summed E-state index contributed by atoms with van der Waals surface area (Å²) in [5, 5.41) is 49.5. The van der Waals surface area contributed by atoms with Crippen molar-refractivity contribution in [1.29, 1.82) is 0 Å². The van der Waals surface area contributed by atoms with Gasteiger partial charge in [-0.1, -0.05) is 13.8 Å². The van der Waals surface area contributed by atoms with Gasteiger partial charge in [-0.15, -0.1) is 0 Å². The summed E-state index contributed by atoms with van der Waals surface area (Å²) in [7, 11) is 0. The van der Waals surface area contributed by atoms with Gasteiger partial charge in [-0.25, -0.2) is 0 Å². The number of Topliss-reactive ketones (excluding diaryl/α,β-unsaturated/α-hetero) is 1. The monoisotopic (exact) mass is 496 g/mol. The first-order valence-electron chi connectivity index (χ1n) is 13.7. The fraction of sp³-hybridized carbons (Fsp3) is 0.963. The van der Waals surface area contributed by atoms with E-state index in [1.54, 1.807) is 0 Å². The number of hydrogen-bond acceptors (Lipinski definition) is 8. The molecule has 5 fully saturated rings. The molecule has 5 aliphatic rings. The maximum Gasteiger partial charge on any atom is 0.186 e. The number of carbonyl (C=O) groups excluding carboxylic acids is 1. The lowest BCUT2D eigenvalue weighted by molar-refractivity contribution is -0.316. The van der Waals surface area contributed by atoms with Crippen molar-refractivity contribution in [2.75, 3.05) is 13.2 Å². The predicted molar refractivity (Wildman–Crippen MR) is 126 cm³/mol. The van der Waals surface area contributed by atoms with Crippen LogP contribution in [-0.4, -0.2) is 81.3 Å². The molecule has 0 spiro atoms. The van der Waals surface area contributed by atoms with Crippen molar-refractivity contribution in [2.24, 2.45) is 40.4 Å². The molecular formula is C27H44O8. The Kier molecular flexibility index (Phi) is 7.14. The first-order chi connectivity index (χ1) is 16.6. The summed E-state index contributed by atoms with van der Waals surface area (Å²) in [4.78, 5) is 12.5. The van der Waals surface area contributed by atoms with Crippen molar-refractivity contribution in [3.63, 3.8) is 0 Å². The normalized spacial score (nSPS) is 54.0. The summed E-state index contributed by atoms with van der Waals surface area (Å²) in [6, 6.07) is 0. The first kappa shape index (κ1) is 26.0. The van der Waals surface area contributed by atoms with Crippen LogP contribution in [0.2, 0.25) is 0 Å². The summed E-state index contributed by atoms with van der Waals surface area (Å²) in [6.07, 6.45) is 2.98. The average molecular weight is 497 g/mol. The van der Waals surface area contributed by atoms with Crippen molar-refractivity contribution in [3.05, 3.63) is 0 Å². The van der Waals surface area contributed by atoms with E-state index in [0.29, 0.717) is 23.7 Å². The van der Waals surface area contributed by atoms with E-state index in [1.165, 1.54) is 0 Å². The van der Waals surface area contributed by atoms with Gasteiger partial charge in [-0.3, -0.25) is 4.79 Å². The highest BCUT2D eigenvalue weighted by Gasteiger charge is 2.61. The molecular weight excluding hydrogens is 452 g/mol. The van der Waals surface area contributed by atoms with Gasteiger partial charge in [0, 0.05) is 5.92 Å². The lowest BCUT2D eigenvalue weighted by Gasteiger charge is -2.61. The van der Waals surface area contributed by atoms with Gasteiger partial charge in [0.05, 0.1) is 12.7 Å². The largest absolute Gasteiger partial charge is 0.394 e. The topological polar surface area (TPSA) is 137 Å². The van der Waals surface area contributed by atoms with Crippen molar-refractivity contribution in [3.8, 4) is 0 Å². The minimum atomic E-state index is -1.42. The molecule has 35 heavy (non-hydrogen) atoms. The van der Waals surface area contributed by atoms with Crippen LogP contribution in [0.5, 0.6) is 0 Å². The molecule has 1 heterocycles.